The third-order valence-corrected chi connectivity index (χ3v) is 7.02. The fourth-order valence-corrected chi connectivity index (χ4v) is 4.05. The number of hydrogen-bond acceptors (Lipinski definition) is 3. The molecule has 2 aromatic rings. The Kier molecular flexibility index (Phi) is 6.36. The van der Waals surface area contributed by atoms with E-state index in [4.69, 9.17) is 14.0 Å². The summed E-state index contributed by atoms with van der Waals surface area (Å²) in [5, 5.41) is 2.47. The number of benzene rings is 2. The molecule has 1 heterocycles. The monoisotopic (exact) mass is 396 g/mol. The van der Waals surface area contributed by atoms with Crippen LogP contribution in [0.25, 0.3) is 10.8 Å². The molecular formula is C25H37BO3. The van der Waals surface area contributed by atoms with Crippen molar-refractivity contribution in [2.45, 2.75) is 90.2 Å². The minimum Gasteiger partial charge on any atom is -0.497 e. The van der Waals surface area contributed by atoms with Gasteiger partial charge in [0, 0.05) is 5.31 Å². The fourth-order valence-electron chi connectivity index (χ4n) is 4.05. The predicted molar refractivity (Wildman–Crippen MR) is 123 cm³/mol. The van der Waals surface area contributed by atoms with Crippen molar-refractivity contribution < 1.29 is 14.0 Å². The van der Waals surface area contributed by atoms with Crippen molar-refractivity contribution in [1.29, 1.82) is 0 Å². The van der Waals surface area contributed by atoms with Crippen LogP contribution in [0.15, 0.2) is 36.4 Å². The first-order chi connectivity index (χ1) is 13.6. The lowest BCUT2D eigenvalue weighted by Gasteiger charge is -2.32. The molecule has 4 heteroatoms. The molecule has 3 nitrogen and oxygen atoms in total. The summed E-state index contributed by atoms with van der Waals surface area (Å²) < 4.78 is 18.3. The van der Waals surface area contributed by atoms with Gasteiger partial charge in [-0.1, -0.05) is 51.0 Å². The summed E-state index contributed by atoms with van der Waals surface area (Å²) in [6, 6.07) is 13.0. The van der Waals surface area contributed by atoms with Gasteiger partial charge in [0.1, 0.15) is 5.75 Å². The van der Waals surface area contributed by atoms with Gasteiger partial charge in [0.2, 0.25) is 0 Å². The Hall–Kier alpha value is -1.52. The number of methoxy groups -OCH3 is 1. The summed E-state index contributed by atoms with van der Waals surface area (Å²) in [7, 11) is 1.55. The van der Waals surface area contributed by atoms with Gasteiger partial charge in [-0.3, -0.25) is 0 Å². The van der Waals surface area contributed by atoms with Crippen molar-refractivity contribution in [3.8, 4) is 5.75 Å². The third-order valence-electron chi connectivity index (χ3n) is 7.02. The maximum absolute atomic E-state index is 6.47. The molecule has 0 radical (unpaired) electrons. The highest BCUT2D eigenvalue weighted by molar-refractivity contribution is 6.49. The molecule has 1 aliphatic heterocycles. The van der Waals surface area contributed by atoms with E-state index >= 15 is 0 Å². The van der Waals surface area contributed by atoms with Crippen molar-refractivity contribution in [2.75, 3.05) is 7.11 Å². The highest BCUT2D eigenvalue weighted by Gasteiger charge is 2.57. The van der Waals surface area contributed by atoms with Crippen LogP contribution >= 0.6 is 0 Å². The van der Waals surface area contributed by atoms with Gasteiger partial charge in [-0.05, 0) is 75.4 Å². The molecule has 1 saturated heterocycles. The van der Waals surface area contributed by atoms with Crippen LogP contribution in [0.5, 0.6) is 5.75 Å². The molecular weight excluding hydrogens is 359 g/mol. The average Bonchev–Trinajstić information content (AvgIpc) is 2.92. The molecule has 29 heavy (non-hydrogen) atoms. The van der Waals surface area contributed by atoms with Crippen LogP contribution in [0, 0.1) is 0 Å². The standard InChI is InChI=1S/C25H37BO3/c1-8-9-15-25(6,26-28-23(2,3)24(4,5)29-26)16-14-19-10-11-21-18-22(27-7)13-12-20(21)17-19/h10-13,17-18H,8-9,14-16H2,1-7H3. The van der Waals surface area contributed by atoms with E-state index in [1.807, 2.05) is 6.07 Å². The normalized spacial score (nSPS) is 20.0. The van der Waals surface area contributed by atoms with Gasteiger partial charge < -0.3 is 14.0 Å². The Labute approximate surface area is 177 Å². The van der Waals surface area contributed by atoms with E-state index in [1.54, 1.807) is 7.11 Å². The van der Waals surface area contributed by atoms with Crippen LogP contribution in [-0.4, -0.2) is 25.4 Å². The van der Waals surface area contributed by atoms with Crippen LogP contribution in [0.3, 0.4) is 0 Å². The minimum absolute atomic E-state index is 0.00405. The lowest BCUT2D eigenvalue weighted by molar-refractivity contribution is 0.00578. The Bertz CT molecular complexity index is 829. The van der Waals surface area contributed by atoms with Crippen LogP contribution in [0.2, 0.25) is 5.31 Å². The zero-order valence-electron chi connectivity index (χ0n) is 19.3. The van der Waals surface area contributed by atoms with Crippen LogP contribution < -0.4 is 4.74 Å². The number of aryl methyl sites for hydroxylation is 1. The molecule has 0 aromatic heterocycles. The Balaban J connectivity index is 1.78. The molecule has 3 rings (SSSR count). The predicted octanol–water partition coefficient (Wildman–Crippen LogP) is 6.82. The van der Waals surface area contributed by atoms with E-state index in [9.17, 15) is 0 Å². The van der Waals surface area contributed by atoms with Gasteiger partial charge in [0.25, 0.3) is 0 Å². The van der Waals surface area contributed by atoms with Crippen molar-refractivity contribution >= 4 is 17.9 Å². The molecule has 0 saturated carbocycles. The van der Waals surface area contributed by atoms with E-state index in [0.717, 1.165) is 25.0 Å². The highest BCUT2D eigenvalue weighted by Crippen LogP contribution is 2.49. The summed E-state index contributed by atoms with van der Waals surface area (Å²) >= 11 is 0. The average molecular weight is 396 g/mol. The van der Waals surface area contributed by atoms with Gasteiger partial charge in [-0.2, -0.15) is 0 Å². The fraction of sp³-hybridized carbons (Fsp3) is 0.600. The molecule has 1 aliphatic rings. The number of rotatable bonds is 8. The van der Waals surface area contributed by atoms with Crippen molar-refractivity contribution in [3.63, 3.8) is 0 Å². The molecule has 1 atom stereocenters. The zero-order valence-corrected chi connectivity index (χ0v) is 19.3. The van der Waals surface area contributed by atoms with E-state index in [2.05, 4.69) is 71.9 Å². The third kappa shape index (κ3) is 4.64. The summed E-state index contributed by atoms with van der Waals surface area (Å²) in [6.45, 7) is 13.2. The lowest BCUT2D eigenvalue weighted by Crippen LogP contribution is -2.41. The Morgan fingerprint density at radius 2 is 1.55 bits per heavy atom. The van der Waals surface area contributed by atoms with E-state index in [-0.39, 0.29) is 23.6 Å². The molecule has 2 aromatic carbocycles. The van der Waals surface area contributed by atoms with Gasteiger partial charge in [-0.25, -0.2) is 0 Å². The summed E-state index contributed by atoms with van der Waals surface area (Å²) in [4.78, 5) is 0. The molecule has 0 amide bonds. The molecule has 0 spiro atoms. The quantitative estimate of drug-likeness (QED) is 0.458. The summed E-state index contributed by atoms with van der Waals surface area (Å²) in [6.07, 6.45) is 5.56. The number of hydrogen-bond donors (Lipinski definition) is 0. The first kappa shape index (κ1) is 22.2. The maximum atomic E-state index is 6.47. The highest BCUT2D eigenvalue weighted by atomic mass is 16.7. The molecule has 0 aliphatic carbocycles. The number of unbranched alkanes of at least 4 members (excludes halogenated alkanes) is 1. The van der Waals surface area contributed by atoms with Crippen LogP contribution in [-0.2, 0) is 15.7 Å². The minimum atomic E-state index is -0.285. The van der Waals surface area contributed by atoms with Crippen LogP contribution in [0.4, 0.5) is 0 Å². The van der Waals surface area contributed by atoms with Crippen LogP contribution in [0.1, 0.15) is 72.8 Å². The summed E-state index contributed by atoms with van der Waals surface area (Å²) in [5.74, 6) is 0.901. The molecule has 1 fully saturated rings. The first-order valence-electron chi connectivity index (χ1n) is 11.0. The van der Waals surface area contributed by atoms with E-state index < -0.39 is 0 Å². The van der Waals surface area contributed by atoms with Gasteiger partial charge in [0.15, 0.2) is 0 Å². The second-order valence-electron chi connectivity index (χ2n) is 9.89. The Morgan fingerprint density at radius 1 is 0.931 bits per heavy atom. The maximum Gasteiger partial charge on any atom is 0.464 e. The molecule has 0 bridgehead atoms. The molecule has 158 valence electrons. The first-order valence-corrected chi connectivity index (χ1v) is 11.0. The van der Waals surface area contributed by atoms with Gasteiger partial charge in [0.05, 0.1) is 18.3 Å². The van der Waals surface area contributed by atoms with Crippen molar-refractivity contribution in [3.05, 3.63) is 42.0 Å². The van der Waals surface area contributed by atoms with E-state index in [0.29, 0.717) is 0 Å². The van der Waals surface area contributed by atoms with Gasteiger partial charge >= 0.3 is 7.12 Å². The summed E-state index contributed by atoms with van der Waals surface area (Å²) in [5.41, 5.74) is 0.794. The lowest BCUT2D eigenvalue weighted by atomic mass is 9.54. The number of ether oxygens (including phenoxy) is 1. The van der Waals surface area contributed by atoms with Gasteiger partial charge in [-0.15, -0.1) is 0 Å². The van der Waals surface area contributed by atoms with Crippen molar-refractivity contribution in [1.82, 2.24) is 0 Å². The zero-order chi connectivity index (χ0) is 21.3. The topological polar surface area (TPSA) is 27.7 Å². The SMILES string of the molecule is CCCCC(C)(CCc1ccc2cc(OC)ccc2c1)B1OC(C)(C)C(C)(C)O1. The second kappa shape index (κ2) is 8.31. The molecule has 1 unspecified atom stereocenters. The Morgan fingerprint density at radius 3 is 2.17 bits per heavy atom. The second-order valence-corrected chi connectivity index (χ2v) is 9.89. The molecule has 0 N–H and O–H groups in total. The van der Waals surface area contributed by atoms with E-state index in [1.165, 1.54) is 29.2 Å². The largest absolute Gasteiger partial charge is 0.497 e. The number of fused-ring (bicyclic) bond motifs is 1. The van der Waals surface area contributed by atoms with Crippen molar-refractivity contribution in [2.24, 2.45) is 0 Å². The smallest absolute Gasteiger partial charge is 0.464 e.